The molecule has 1 saturated heterocycles. The summed E-state index contributed by atoms with van der Waals surface area (Å²) in [5.74, 6) is -0.571. The number of aryl methyl sites for hydroxylation is 1. The number of aromatic nitrogens is 2. The Morgan fingerprint density at radius 1 is 1.28 bits per heavy atom. The van der Waals surface area contributed by atoms with Gasteiger partial charge in [-0.3, -0.25) is 4.79 Å². The molecule has 3 aromatic rings. The number of hydrogen-bond donors (Lipinski definition) is 1. The van der Waals surface area contributed by atoms with Crippen molar-refractivity contribution in [3.05, 3.63) is 46.4 Å². The molecule has 0 radical (unpaired) electrons. The number of nitrogens with zero attached hydrogens (tertiary/aromatic N) is 3. The Hall–Kier alpha value is -1.88. The number of sulfonamides is 1. The minimum Gasteiger partial charge on any atom is -0.326 e. The van der Waals surface area contributed by atoms with E-state index in [2.05, 4.69) is 30.0 Å². The van der Waals surface area contributed by atoms with Gasteiger partial charge in [0.15, 0.2) is 0 Å². The van der Waals surface area contributed by atoms with Gasteiger partial charge in [0.2, 0.25) is 15.9 Å². The number of anilines is 1. The zero-order chi connectivity index (χ0) is 20.6. The van der Waals surface area contributed by atoms with E-state index in [9.17, 15) is 13.2 Å². The Balaban J connectivity index is 1.54. The molecular weight excluding hydrogens is 476 g/mol. The Morgan fingerprint density at radius 2 is 2.10 bits per heavy atom. The van der Waals surface area contributed by atoms with Crippen LogP contribution in [0.3, 0.4) is 0 Å². The maximum Gasteiger partial charge on any atom is 0.245 e. The van der Waals surface area contributed by atoms with Crippen LogP contribution < -0.4 is 5.32 Å². The van der Waals surface area contributed by atoms with E-state index in [1.165, 1.54) is 4.31 Å². The molecule has 0 saturated carbocycles. The van der Waals surface area contributed by atoms with Gasteiger partial charge in [0.1, 0.15) is 15.9 Å². The van der Waals surface area contributed by atoms with Crippen LogP contribution in [0.5, 0.6) is 0 Å². The van der Waals surface area contributed by atoms with Crippen LogP contribution in [-0.2, 0) is 14.8 Å². The monoisotopic (exact) mass is 494 g/mol. The van der Waals surface area contributed by atoms with Crippen molar-refractivity contribution >= 4 is 60.3 Å². The molecule has 1 aliphatic heterocycles. The maximum absolute atomic E-state index is 13.2. The predicted octanol–water partition coefficient (Wildman–Crippen LogP) is 3.80. The molecular formula is C19H19BrN4O3S2. The minimum absolute atomic E-state index is 0.147. The van der Waals surface area contributed by atoms with Gasteiger partial charge in [0.05, 0.1) is 17.6 Å². The molecule has 2 heterocycles. The second-order valence-electron chi connectivity index (χ2n) is 7.04. The molecule has 1 N–H and O–H groups in total. The summed E-state index contributed by atoms with van der Waals surface area (Å²) < 4.78 is 37.1. The number of halogens is 1. The summed E-state index contributed by atoms with van der Waals surface area (Å²) in [6.07, 6.45) is 1.28. The maximum atomic E-state index is 13.2. The van der Waals surface area contributed by atoms with Crippen LogP contribution in [0.1, 0.15) is 18.4 Å². The fourth-order valence-corrected chi connectivity index (χ4v) is 6.26. The van der Waals surface area contributed by atoms with Crippen molar-refractivity contribution in [1.82, 2.24) is 13.1 Å². The van der Waals surface area contributed by atoms with Gasteiger partial charge in [-0.05, 0) is 55.7 Å². The largest absolute Gasteiger partial charge is 0.326 e. The number of nitrogens with one attached hydrogen (secondary N) is 1. The van der Waals surface area contributed by atoms with Gasteiger partial charge in [0, 0.05) is 23.2 Å². The molecule has 152 valence electrons. The lowest BCUT2D eigenvalue weighted by atomic mass is 9.98. The summed E-state index contributed by atoms with van der Waals surface area (Å²) in [4.78, 5) is 13.0. The van der Waals surface area contributed by atoms with Crippen molar-refractivity contribution in [2.24, 2.45) is 5.92 Å². The Morgan fingerprint density at radius 3 is 2.90 bits per heavy atom. The van der Waals surface area contributed by atoms with E-state index < -0.39 is 15.9 Å². The summed E-state index contributed by atoms with van der Waals surface area (Å²) in [5.41, 5.74) is 2.62. The average molecular weight is 495 g/mol. The van der Waals surface area contributed by atoms with Gasteiger partial charge < -0.3 is 5.32 Å². The van der Waals surface area contributed by atoms with E-state index in [0.29, 0.717) is 30.4 Å². The molecule has 10 heteroatoms. The third-order valence-corrected chi connectivity index (χ3v) is 8.00. The number of hydrogen-bond acceptors (Lipinski definition) is 6. The Kier molecular flexibility index (Phi) is 5.69. The first-order chi connectivity index (χ1) is 13.9. The third-order valence-electron chi connectivity index (χ3n) is 5.07. The standard InChI is InChI=1S/C19H19BrN4O3S2/c1-12-10-14(20)7-8-15(12)21-19(25)13-4-3-9-24(11-13)29(26,27)17-6-2-5-16-18(17)23-28-22-16/h2,5-8,10,13H,3-4,9,11H2,1H3,(H,21,25)/t13-/m1/s1. The number of benzene rings is 2. The third kappa shape index (κ3) is 4.07. The summed E-state index contributed by atoms with van der Waals surface area (Å²) >= 11 is 4.40. The quantitative estimate of drug-likeness (QED) is 0.595. The van der Waals surface area contributed by atoms with Gasteiger partial charge in [-0.25, -0.2) is 8.42 Å². The van der Waals surface area contributed by atoms with Crippen molar-refractivity contribution in [3.63, 3.8) is 0 Å². The first kappa shape index (κ1) is 20.4. The molecule has 1 amide bonds. The minimum atomic E-state index is -3.76. The van der Waals surface area contributed by atoms with Gasteiger partial charge in [-0.1, -0.05) is 22.0 Å². The molecule has 0 spiro atoms. The molecule has 0 aliphatic carbocycles. The van der Waals surface area contributed by atoms with E-state index in [4.69, 9.17) is 0 Å². The number of carbonyl (C=O) groups excluding carboxylic acids is 1. The highest BCUT2D eigenvalue weighted by Gasteiger charge is 2.34. The smallest absolute Gasteiger partial charge is 0.245 e. The first-order valence-electron chi connectivity index (χ1n) is 9.15. The van der Waals surface area contributed by atoms with Crippen LogP contribution in [-0.4, -0.2) is 40.5 Å². The van der Waals surface area contributed by atoms with E-state index in [-0.39, 0.29) is 17.3 Å². The number of fused-ring (bicyclic) bond motifs is 1. The van der Waals surface area contributed by atoms with Gasteiger partial charge >= 0.3 is 0 Å². The van der Waals surface area contributed by atoms with Crippen LogP contribution in [0, 0.1) is 12.8 Å². The normalized spacial score (nSPS) is 18.1. The molecule has 1 aromatic heterocycles. The zero-order valence-electron chi connectivity index (χ0n) is 15.6. The molecule has 7 nitrogen and oxygen atoms in total. The summed E-state index contributed by atoms with van der Waals surface area (Å²) in [6.45, 7) is 2.45. The highest BCUT2D eigenvalue weighted by atomic mass is 79.9. The number of carbonyl (C=O) groups is 1. The van der Waals surface area contributed by atoms with Crippen molar-refractivity contribution in [2.75, 3.05) is 18.4 Å². The van der Waals surface area contributed by atoms with Gasteiger partial charge in [0.25, 0.3) is 0 Å². The second-order valence-corrected chi connectivity index (χ2v) is 10.4. The van der Waals surface area contributed by atoms with Crippen molar-refractivity contribution < 1.29 is 13.2 Å². The fraction of sp³-hybridized carbons (Fsp3) is 0.316. The SMILES string of the molecule is Cc1cc(Br)ccc1NC(=O)[C@@H]1CCCN(S(=O)(=O)c2cccc3nsnc23)C1. The lowest BCUT2D eigenvalue weighted by molar-refractivity contribution is -0.120. The van der Waals surface area contributed by atoms with Crippen LogP contribution in [0.4, 0.5) is 5.69 Å². The molecule has 2 aromatic carbocycles. The zero-order valence-corrected chi connectivity index (χ0v) is 18.8. The highest BCUT2D eigenvalue weighted by molar-refractivity contribution is 9.10. The second kappa shape index (κ2) is 8.10. The van der Waals surface area contributed by atoms with E-state index in [0.717, 1.165) is 27.5 Å². The van der Waals surface area contributed by atoms with Gasteiger partial charge in [-0.15, -0.1) is 0 Å². The van der Waals surface area contributed by atoms with Gasteiger partial charge in [-0.2, -0.15) is 13.1 Å². The molecule has 4 rings (SSSR count). The summed E-state index contributed by atoms with van der Waals surface area (Å²) in [6, 6.07) is 10.6. The topological polar surface area (TPSA) is 92.3 Å². The van der Waals surface area contributed by atoms with Crippen LogP contribution in [0.25, 0.3) is 11.0 Å². The van der Waals surface area contributed by atoms with Crippen LogP contribution in [0.15, 0.2) is 45.8 Å². The highest BCUT2D eigenvalue weighted by Crippen LogP contribution is 2.29. The predicted molar refractivity (Wildman–Crippen MR) is 116 cm³/mol. The number of amides is 1. The average Bonchev–Trinajstić information content (AvgIpc) is 3.19. The molecule has 1 aliphatic rings. The summed E-state index contributed by atoms with van der Waals surface area (Å²) in [7, 11) is -3.76. The Labute approximate surface area is 181 Å². The van der Waals surface area contributed by atoms with Crippen molar-refractivity contribution in [2.45, 2.75) is 24.7 Å². The lowest BCUT2D eigenvalue weighted by Gasteiger charge is -2.31. The van der Waals surface area contributed by atoms with Crippen molar-refractivity contribution in [3.8, 4) is 0 Å². The molecule has 0 unspecified atom stereocenters. The Bertz CT molecular complexity index is 1180. The van der Waals surface area contributed by atoms with Crippen molar-refractivity contribution in [1.29, 1.82) is 0 Å². The van der Waals surface area contributed by atoms with E-state index in [1.54, 1.807) is 18.2 Å². The number of piperidine rings is 1. The molecule has 1 fully saturated rings. The van der Waals surface area contributed by atoms with E-state index >= 15 is 0 Å². The first-order valence-corrected chi connectivity index (χ1v) is 12.1. The van der Waals surface area contributed by atoms with E-state index in [1.807, 2.05) is 25.1 Å². The lowest BCUT2D eigenvalue weighted by Crippen LogP contribution is -2.43. The van der Waals surface area contributed by atoms with Crippen LogP contribution >= 0.6 is 27.7 Å². The van der Waals surface area contributed by atoms with Crippen LogP contribution in [0.2, 0.25) is 0 Å². The molecule has 0 bridgehead atoms. The molecule has 1 atom stereocenters. The summed E-state index contributed by atoms with van der Waals surface area (Å²) in [5, 5.41) is 2.94. The molecule has 29 heavy (non-hydrogen) atoms. The fourth-order valence-electron chi connectivity index (χ4n) is 3.51. The number of rotatable bonds is 4.